The molecular formula is C25H37N3O9. The summed E-state index contributed by atoms with van der Waals surface area (Å²) in [4.78, 5) is 27.5. The molecule has 1 aromatic carbocycles. The number of ether oxygens (including phenoxy) is 7. The average Bonchev–Trinajstić information content (AvgIpc) is 2.82. The van der Waals surface area contributed by atoms with Crippen molar-refractivity contribution >= 4 is 18.1 Å². The molecule has 0 unspecified atom stereocenters. The van der Waals surface area contributed by atoms with Gasteiger partial charge in [0.05, 0.1) is 52.9 Å². The van der Waals surface area contributed by atoms with Gasteiger partial charge in [0.25, 0.3) is 5.78 Å². The maximum atomic E-state index is 12.5. The summed E-state index contributed by atoms with van der Waals surface area (Å²) >= 11 is 0. The summed E-state index contributed by atoms with van der Waals surface area (Å²) in [6, 6.07) is 4.17. The number of rotatable bonds is 5. The van der Waals surface area contributed by atoms with Crippen LogP contribution in [0.25, 0.3) is 5.53 Å². The maximum Gasteiger partial charge on any atom is 0.408 e. The number of fused-ring (bicyclic) bond motifs is 1. The SMILES string of the molecule is CC(C)(C)OC(=O)N[C@@H](Cc1ccc2c(c1)OCCOCCOCCOCCOCCO2)C(=O)C=[N+]=[N-]. The van der Waals surface area contributed by atoms with Gasteiger partial charge in [-0.25, -0.2) is 4.79 Å². The minimum absolute atomic E-state index is 0.0949. The molecule has 37 heavy (non-hydrogen) atoms. The quantitative estimate of drug-likeness (QED) is 0.347. The third-order valence-corrected chi connectivity index (χ3v) is 4.75. The van der Waals surface area contributed by atoms with Gasteiger partial charge in [0.1, 0.15) is 24.9 Å². The monoisotopic (exact) mass is 523 g/mol. The fourth-order valence-electron chi connectivity index (χ4n) is 3.15. The molecule has 0 radical (unpaired) electrons. The van der Waals surface area contributed by atoms with Gasteiger partial charge in [-0.05, 0) is 38.5 Å². The van der Waals surface area contributed by atoms with Crippen LogP contribution in [0.4, 0.5) is 4.79 Å². The van der Waals surface area contributed by atoms with Gasteiger partial charge in [-0.1, -0.05) is 6.07 Å². The highest BCUT2D eigenvalue weighted by Crippen LogP contribution is 2.29. The molecule has 0 aromatic heterocycles. The van der Waals surface area contributed by atoms with Gasteiger partial charge < -0.3 is 44.0 Å². The third-order valence-electron chi connectivity index (χ3n) is 4.75. The lowest BCUT2D eigenvalue weighted by Gasteiger charge is -2.22. The molecule has 0 saturated carbocycles. The molecule has 1 aliphatic heterocycles. The predicted octanol–water partition coefficient (Wildman–Crippen LogP) is 1.83. The Labute approximate surface area is 217 Å². The van der Waals surface area contributed by atoms with Crippen LogP contribution in [0.3, 0.4) is 0 Å². The standard InChI is InChI=1S/C25H37N3O9/c1-25(2,3)37-24(30)28-20(21(29)18-27-26)16-19-4-5-22-23(17-19)36-15-13-34-11-9-32-7-6-31-8-10-33-12-14-35-22/h4-5,17-18,20H,6-16H2,1-3H3,(H,28,30)/t20-/m0/s1. The highest BCUT2D eigenvalue weighted by atomic mass is 16.6. The normalized spacial score (nSPS) is 17.3. The minimum atomic E-state index is -1.03. The smallest absolute Gasteiger partial charge is 0.408 e. The van der Waals surface area contributed by atoms with Gasteiger partial charge in [-0.3, -0.25) is 4.79 Å². The molecule has 12 heteroatoms. The second-order valence-corrected chi connectivity index (χ2v) is 8.98. The first-order valence-electron chi connectivity index (χ1n) is 12.2. The zero-order valence-electron chi connectivity index (χ0n) is 21.7. The fraction of sp³-hybridized carbons (Fsp3) is 0.640. The molecule has 0 saturated heterocycles. The summed E-state index contributed by atoms with van der Waals surface area (Å²) in [6.45, 7) is 9.13. The Bertz CT molecular complexity index is 898. The summed E-state index contributed by atoms with van der Waals surface area (Å²) in [5, 5.41) is 2.53. The van der Waals surface area contributed by atoms with Crippen molar-refractivity contribution in [3.05, 3.63) is 29.3 Å². The second kappa shape index (κ2) is 16.7. The molecule has 1 aromatic rings. The first kappa shape index (κ1) is 30.2. The molecule has 1 heterocycles. The number of Topliss-reactive ketones (excluding diaryl/α,β-unsaturated/α-hetero) is 1. The van der Waals surface area contributed by atoms with Gasteiger partial charge >= 0.3 is 12.3 Å². The van der Waals surface area contributed by atoms with E-state index < -0.39 is 23.5 Å². The summed E-state index contributed by atoms with van der Waals surface area (Å²) in [5.74, 6) is 0.343. The highest BCUT2D eigenvalue weighted by Gasteiger charge is 2.26. The van der Waals surface area contributed by atoms with E-state index >= 15 is 0 Å². The molecule has 1 amide bonds. The zero-order chi connectivity index (χ0) is 26.9. The first-order valence-corrected chi connectivity index (χ1v) is 12.2. The number of benzene rings is 1. The Balaban J connectivity index is 2.12. The average molecular weight is 524 g/mol. The number of nitrogens with one attached hydrogen (secondary N) is 1. The molecule has 12 nitrogen and oxygen atoms in total. The lowest BCUT2D eigenvalue weighted by Crippen LogP contribution is -2.45. The van der Waals surface area contributed by atoms with Gasteiger partial charge in [-0.2, -0.15) is 4.79 Å². The van der Waals surface area contributed by atoms with E-state index in [2.05, 4.69) is 10.1 Å². The zero-order valence-corrected chi connectivity index (χ0v) is 21.7. The molecule has 1 atom stereocenters. The molecule has 1 aliphatic rings. The van der Waals surface area contributed by atoms with Crippen LogP contribution in [0.5, 0.6) is 11.5 Å². The van der Waals surface area contributed by atoms with Crippen LogP contribution >= 0.6 is 0 Å². The number of nitrogens with zero attached hydrogens (tertiary/aromatic N) is 2. The van der Waals surface area contributed by atoms with Crippen molar-refractivity contribution in [3.8, 4) is 11.5 Å². The fourth-order valence-corrected chi connectivity index (χ4v) is 3.15. The van der Waals surface area contributed by atoms with E-state index in [0.29, 0.717) is 76.5 Å². The van der Waals surface area contributed by atoms with Crippen LogP contribution in [0, 0.1) is 0 Å². The highest BCUT2D eigenvalue weighted by molar-refractivity contribution is 6.28. The summed E-state index contributed by atoms with van der Waals surface area (Å²) < 4.78 is 38.9. The predicted molar refractivity (Wildman–Crippen MR) is 132 cm³/mol. The molecule has 0 spiro atoms. The first-order chi connectivity index (χ1) is 17.8. The lowest BCUT2D eigenvalue weighted by atomic mass is 10.0. The molecule has 2 rings (SSSR count). The van der Waals surface area contributed by atoms with Crippen molar-refractivity contribution in [2.45, 2.75) is 38.8 Å². The number of hydrogen-bond acceptors (Lipinski definition) is 9. The topological polar surface area (TPSA) is 147 Å². The summed E-state index contributed by atoms with van der Waals surface area (Å²) in [7, 11) is 0. The molecule has 0 bridgehead atoms. The van der Waals surface area contributed by atoms with Gasteiger partial charge in [0, 0.05) is 6.42 Å². The van der Waals surface area contributed by atoms with Crippen LogP contribution in [0.15, 0.2) is 18.2 Å². The Morgan fingerprint density at radius 1 is 0.919 bits per heavy atom. The van der Waals surface area contributed by atoms with Crippen molar-refractivity contribution < 1.29 is 47.5 Å². The largest absolute Gasteiger partial charge is 0.487 e. The summed E-state index contributed by atoms with van der Waals surface area (Å²) in [5.41, 5.74) is 8.74. The van der Waals surface area contributed by atoms with Crippen LogP contribution in [-0.2, 0) is 34.9 Å². The number of ketones is 1. The Kier molecular flexibility index (Phi) is 13.6. The van der Waals surface area contributed by atoms with Crippen molar-refractivity contribution in [2.24, 2.45) is 0 Å². The van der Waals surface area contributed by atoms with Crippen molar-refractivity contribution in [2.75, 3.05) is 66.1 Å². The number of amides is 1. The van der Waals surface area contributed by atoms with E-state index in [9.17, 15) is 9.59 Å². The van der Waals surface area contributed by atoms with Gasteiger partial charge in [0.2, 0.25) is 0 Å². The van der Waals surface area contributed by atoms with Crippen molar-refractivity contribution in [1.29, 1.82) is 0 Å². The number of alkyl carbamates (subject to hydrolysis) is 1. The Morgan fingerprint density at radius 3 is 1.95 bits per heavy atom. The van der Waals surface area contributed by atoms with E-state index in [0.717, 1.165) is 6.21 Å². The van der Waals surface area contributed by atoms with Crippen molar-refractivity contribution in [3.63, 3.8) is 0 Å². The third kappa shape index (κ3) is 13.2. The molecule has 0 aliphatic carbocycles. The molecule has 0 fully saturated rings. The van der Waals surface area contributed by atoms with Crippen molar-refractivity contribution in [1.82, 2.24) is 5.32 Å². The van der Waals surface area contributed by atoms with Crippen LogP contribution in [0.2, 0.25) is 0 Å². The Hall–Kier alpha value is -3.02. The van der Waals surface area contributed by atoms with E-state index in [1.807, 2.05) is 0 Å². The number of carbonyl (C=O) groups is 2. The lowest BCUT2D eigenvalue weighted by molar-refractivity contribution is -0.118. The van der Waals surface area contributed by atoms with Crippen LogP contribution in [0.1, 0.15) is 26.3 Å². The van der Waals surface area contributed by atoms with E-state index in [1.54, 1.807) is 39.0 Å². The van der Waals surface area contributed by atoms with Gasteiger partial charge in [0.15, 0.2) is 11.5 Å². The van der Waals surface area contributed by atoms with Crippen LogP contribution in [-0.4, -0.2) is 101 Å². The van der Waals surface area contributed by atoms with E-state index in [-0.39, 0.29) is 13.0 Å². The molecular weight excluding hydrogens is 486 g/mol. The summed E-state index contributed by atoms with van der Waals surface area (Å²) in [6.07, 6.45) is 0.0690. The Morgan fingerprint density at radius 2 is 1.43 bits per heavy atom. The van der Waals surface area contributed by atoms with Crippen LogP contribution < -0.4 is 14.8 Å². The maximum absolute atomic E-state index is 12.5. The van der Waals surface area contributed by atoms with E-state index in [4.69, 9.17) is 38.7 Å². The molecule has 1 N–H and O–H groups in total. The number of hydrogen-bond donors (Lipinski definition) is 1. The second-order valence-electron chi connectivity index (χ2n) is 8.98. The minimum Gasteiger partial charge on any atom is -0.487 e. The molecule has 206 valence electrons. The van der Waals surface area contributed by atoms with E-state index in [1.165, 1.54) is 0 Å². The van der Waals surface area contributed by atoms with Gasteiger partial charge in [-0.15, -0.1) is 0 Å². The number of carbonyl (C=O) groups excluding carboxylic acids is 2.